The summed E-state index contributed by atoms with van der Waals surface area (Å²) in [5.74, 6) is 0.847. The molecule has 2 heterocycles. The lowest BCUT2D eigenvalue weighted by Gasteiger charge is -2.30. The molecule has 1 aliphatic heterocycles. The van der Waals surface area contributed by atoms with E-state index in [4.69, 9.17) is 14.2 Å². The smallest absolute Gasteiger partial charge is 0.158 e. The van der Waals surface area contributed by atoms with Crippen LogP contribution in [-0.2, 0) is 22.4 Å². The molecule has 2 aromatic carbocycles. The minimum absolute atomic E-state index is 0.166. The van der Waals surface area contributed by atoms with Crippen molar-refractivity contribution in [2.75, 3.05) is 20.3 Å². The molecule has 152 valence electrons. The molecule has 0 unspecified atom stereocenters. The third-order valence-electron chi connectivity index (χ3n) is 5.50. The Kier molecular flexibility index (Phi) is 6.39. The van der Waals surface area contributed by atoms with Crippen molar-refractivity contribution in [2.24, 2.45) is 0 Å². The molecule has 3 aromatic rings. The summed E-state index contributed by atoms with van der Waals surface area (Å²) in [5, 5.41) is 4.66. The average molecular weight is 392 g/mol. The van der Waals surface area contributed by atoms with Gasteiger partial charge < -0.3 is 19.5 Å². The minimum atomic E-state index is -0.166. The molecule has 0 radical (unpaired) electrons. The van der Waals surface area contributed by atoms with Crippen molar-refractivity contribution in [3.05, 3.63) is 71.4 Å². The van der Waals surface area contributed by atoms with Crippen LogP contribution in [0, 0.1) is 6.92 Å². The summed E-state index contributed by atoms with van der Waals surface area (Å²) >= 11 is 0. The summed E-state index contributed by atoms with van der Waals surface area (Å²) < 4.78 is 17.3. The van der Waals surface area contributed by atoms with Crippen LogP contribution in [0.4, 0.5) is 0 Å². The highest BCUT2D eigenvalue weighted by molar-refractivity contribution is 5.83. The van der Waals surface area contributed by atoms with E-state index in [1.54, 1.807) is 7.11 Å². The van der Waals surface area contributed by atoms with E-state index < -0.39 is 0 Å². The molecule has 1 aromatic heterocycles. The second-order valence-corrected chi connectivity index (χ2v) is 7.49. The zero-order valence-electron chi connectivity index (χ0n) is 17.1. The maximum atomic E-state index is 5.96. The highest BCUT2D eigenvalue weighted by atomic mass is 16.7. The van der Waals surface area contributed by atoms with Crippen molar-refractivity contribution in [3.63, 3.8) is 0 Å². The van der Waals surface area contributed by atoms with Crippen molar-refractivity contribution in [1.82, 2.24) is 10.3 Å². The molecule has 29 heavy (non-hydrogen) atoms. The minimum Gasteiger partial charge on any atom is -0.497 e. The average Bonchev–Trinajstić information content (AvgIpc) is 2.77. The molecule has 0 atom stereocenters. The molecule has 1 N–H and O–H groups in total. The molecule has 1 saturated heterocycles. The summed E-state index contributed by atoms with van der Waals surface area (Å²) in [6.07, 6.45) is 3.39. The second kappa shape index (κ2) is 9.35. The molecule has 0 saturated carbocycles. The van der Waals surface area contributed by atoms with Gasteiger partial charge in [-0.25, -0.2) is 0 Å². The van der Waals surface area contributed by atoms with E-state index in [1.807, 2.05) is 24.4 Å². The summed E-state index contributed by atoms with van der Waals surface area (Å²) in [5.41, 5.74) is 4.83. The van der Waals surface area contributed by atoms with Crippen LogP contribution in [0.15, 0.2) is 54.7 Å². The number of nitrogens with zero attached hydrogens (tertiary/aromatic N) is 1. The van der Waals surface area contributed by atoms with Gasteiger partial charge in [0.25, 0.3) is 0 Å². The fourth-order valence-corrected chi connectivity index (χ4v) is 3.69. The first-order valence-electron chi connectivity index (χ1n) is 10.2. The number of hydrogen-bond donors (Lipinski definition) is 1. The van der Waals surface area contributed by atoms with E-state index in [2.05, 4.69) is 47.6 Å². The van der Waals surface area contributed by atoms with Crippen molar-refractivity contribution in [3.8, 4) is 5.75 Å². The number of fused-ring (bicyclic) bond motifs is 1. The topological polar surface area (TPSA) is 52.6 Å². The van der Waals surface area contributed by atoms with Crippen molar-refractivity contribution >= 4 is 10.9 Å². The summed E-state index contributed by atoms with van der Waals surface area (Å²) in [6.45, 7) is 4.31. The molecule has 0 amide bonds. The lowest BCUT2D eigenvalue weighted by molar-refractivity contribution is -0.192. The van der Waals surface area contributed by atoms with E-state index in [0.717, 1.165) is 36.0 Å². The molecule has 0 bridgehead atoms. The normalized spacial score (nSPS) is 19.4. The molecule has 0 spiro atoms. The quantitative estimate of drug-likeness (QED) is 0.658. The van der Waals surface area contributed by atoms with E-state index in [1.165, 1.54) is 16.7 Å². The summed E-state index contributed by atoms with van der Waals surface area (Å²) in [4.78, 5) is 4.45. The van der Waals surface area contributed by atoms with E-state index in [0.29, 0.717) is 13.2 Å². The van der Waals surface area contributed by atoms with Gasteiger partial charge in [0.15, 0.2) is 6.29 Å². The Hall–Kier alpha value is -2.47. The second-order valence-electron chi connectivity index (χ2n) is 7.49. The van der Waals surface area contributed by atoms with E-state index in [-0.39, 0.29) is 12.3 Å². The Balaban J connectivity index is 1.28. The Labute approximate surface area is 172 Å². The fraction of sp³-hybridized carbons (Fsp3) is 0.375. The number of rotatable bonds is 7. The van der Waals surface area contributed by atoms with Gasteiger partial charge in [-0.2, -0.15) is 0 Å². The molecule has 4 rings (SSSR count). The molecule has 0 aliphatic carbocycles. The highest BCUT2D eigenvalue weighted by Gasteiger charge is 2.22. The van der Waals surface area contributed by atoms with Crippen LogP contribution in [0.1, 0.15) is 23.1 Å². The maximum absolute atomic E-state index is 5.96. The van der Waals surface area contributed by atoms with Crippen LogP contribution in [0.2, 0.25) is 0 Å². The summed E-state index contributed by atoms with van der Waals surface area (Å²) in [7, 11) is 1.68. The number of methoxy groups -OCH3 is 1. The fourth-order valence-electron chi connectivity index (χ4n) is 3.69. The van der Waals surface area contributed by atoms with E-state index >= 15 is 0 Å². The van der Waals surface area contributed by atoms with E-state index in [9.17, 15) is 0 Å². The van der Waals surface area contributed by atoms with Crippen molar-refractivity contribution in [2.45, 2.75) is 38.6 Å². The standard InChI is InChI=1S/C24H28N2O3/c1-17-5-3-4-6-19(17)14-26-20-15-28-24(29-16-20)10-7-18-11-12-25-23-9-8-21(27-2)13-22(18)23/h3-6,8-9,11-13,20,24,26H,7,10,14-16H2,1-2H3/t20-,24-. The van der Waals surface area contributed by atoms with Crippen LogP contribution in [0.5, 0.6) is 5.75 Å². The third kappa shape index (κ3) is 4.93. The predicted octanol–water partition coefficient (Wildman–Crippen LogP) is 4.02. The van der Waals surface area contributed by atoms with Gasteiger partial charge in [0, 0.05) is 24.5 Å². The maximum Gasteiger partial charge on any atom is 0.158 e. The van der Waals surface area contributed by atoms with Crippen LogP contribution >= 0.6 is 0 Å². The highest BCUT2D eigenvalue weighted by Crippen LogP contribution is 2.24. The molecule has 1 aliphatic rings. The van der Waals surface area contributed by atoms with Crippen LogP contribution in [0.3, 0.4) is 0 Å². The van der Waals surface area contributed by atoms with Gasteiger partial charge in [0.1, 0.15) is 5.75 Å². The van der Waals surface area contributed by atoms with Crippen LogP contribution in [0.25, 0.3) is 10.9 Å². The van der Waals surface area contributed by atoms with Gasteiger partial charge in [-0.05, 0) is 54.3 Å². The number of ether oxygens (including phenoxy) is 3. The Morgan fingerprint density at radius 3 is 2.69 bits per heavy atom. The van der Waals surface area contributed by atoms with Crippen molar-refractivity contribution in [1.29, 1.82) is 0 Å². The first kappa shape index (κ1) is 19.8. The van der Waals surface area contributed by atoms with Gasteiger partial charge in [0.2, 0.25) is 0 Å². The first-order chi connectivity index (χ1) is 14.2. The number of nitrogens with one attached hydrogen (secondary N) is 1. The number of aromatic nitrogens is 1. The van der Waals surface area contributed by atoms with Gasteiger partial charge in [-0.3, -0.25) is 4.98 Å². The molecular formula is C24H28N2O3. The molecule has 5 heteroatoms. The zero-order chi connectivity index (χ0) is 20.1. The largest absolute Gasteiger partial charge is 0.497 e. The molecule has 1 fully saturated rings. The van der Waals surface area contributed by atoms with Crippen LogP contribution in [-0.4, -0.2) is 37.6 Å². The number of aryl methyl sites for hydroxylation is 2. The van der Waals surface area contributed by atoms with Gasteiger partial charge >= 0.3 is 0 Å². The molecular weight excluding hydrogens is 364 g/mol. The van der Waals surface area contributed by atoms with Gasteiger partial charge in [0.05, 0.1) is 31.9 Å². The first-order valence-corrected chi connectivity index (χ1v) is 10.2. The van der Waals surface area contributed by atoms with Gasteiger partial charge in [-0.1, -0.05) is 24.3 Å². The lowest BCUT2D eigenvalue weighted by atomic mass is 10.0. The Morgan fingerprint density at radius 1 is 1.07 bits per heavy atom. The predicted molar refractivity (Wildman–Crippen MR) is 114 cm³/mol. The van der Waals surface area contributed by atoms with Crippen molar-refractivity contribution < 1.29 is 14.2 Å². The Bertz CT molecular complexity index is 952. The SMILES string of the molecule is COc1ccc2nccc(CC[C@H]3OC[C@H](NCc4ccccc4C)CO3)c2c1. The Morgan fingerprint density at radius 2 is 1.90 bits per heavy atom. The number of benzene rings is 2. The monoisotopic (exact) mass is 392 g/mol. The van der Waals surface area contributed by atoms with Gasteiger partial charge in [-0.15, -0.1) is 0 Å². The zero-order valence-corrected chi connectivity index (χ0v) is 17.1. The van der Waals surface area contributed by atoms with Crippen LogP contribution < -0.4 is 10.1 Å². The summed E-state index contributed by atoms with van der Waals surface area (Å²) in [6, 6.07) is 16.7. The lowest BCUT2D eigenvalue weighted by Crippen LogP contribution is -2.44. The molecule has 5 nitrogen and oxygen atoms in total. The number of pyridine rings is 1. The third-order valence-corrected chi connectivity index (χ3v) is 5.50. The number of hydrogen-bond acceptors (Lipinski definition) is 5.